The molecule has 0 radical (unpaired) electrons. The first kappa shape index (κ1) is 13.0. The van der Waals surface area contributed by atoms with Gasteiger partial charge in [0.05, 0.1) is 5.52 Å². The molecule has 0 spiro atoms. The number of benzene rings is 1. The molecule has 5 nitrogen and oxygen atoms in total. The number of carbonyl (C=O) groups excluding carboxylic acids is 1. The van der Waals surface area contributed by atoms with Gasteiger partial charge in [0.25, 0.3) is 0 Å². The topological polar surface area (TPSA) is 69.3 Å². The van der Waals surface area contributed by atoms with Crippen LogP contribution in [0, 0.1) is 0 Å². The van der Waals surface area contributed by atoms with Crippen LogP contribution in [0.15, 0.2) is 30.5 Å². The second kappa shape index (κ2) is 5.54. The van der Waals surface area contributed by atoms with E-state index in [-0.39, 0.29) is 11.9 Å². The molecule has 3 N–H and O–H groups in total. The molecule has 1 aromatic carbocycles. The number of aromatic nitrogens is 1. The molecular formula is C15H19N3O2. The summed E-state index contributed by atoms with van der Waals surface area (Å²) in [5, 5.41) is 4.16. The minimum atomic E-state index is 0.0387. The zero-order chi connectivity index (χ0) is 13.9. The molecule has 20 heavy (non-hydrogen) atoms. The molecular weight excluding hydrogens is 254 g/mol. The van der Waals surface area contributed by atoms with E-state index in [1.165, 1.54) is 0 Å². The first-order valence-electron chi connectivity index (χ1n) is 6.94. The summed E-state index contributed by atoms with van der Waals surface area (Å²) >= 11 is 0. The smallest absolute Gasteiger partial charge is 0.240 e. The van der Waals surface area contributed by atoms with E-state index in [1.54, 1.807) is 0 Å². The number of anilines is 1. The number of amides is 1. The van der Waals surface area contributed by atoms with Gasteiger partial charge in [0, 0.05) is 31.1 Å². The van der Waals surface area contributed by atoms with Crippen LogP contribution < -0.4 is 11.1 Å². The van der Waals surface area contributed by atoms with E-state index < -0.39 is 0 Å². The lowest BCUT2D eigenvalue weighted by Crippen LogP contribution is -2.40. The van der Waals surface area contributed by atoms with Crippen LogP contribution in [0.2, 0.25) is 0 Å². The standard InChI is InChI=1S/C15H19N3O2/c16-12-2-1-11-3-6-18(14(11)9-12)10-15(19)17-13-4-7-20-8-5-13/h1-3,6,9,13H,4-5,7-8,10,16H2,(H,17,19). The van der Waals surface area contributed by atoms with Crippen molar-refractivity contribution in [1.29, 1.82) is 0 Å². The third-order valence-corrected chi connectivity index (χ3v) is 3.70. The highest BCUT2D eigenvalue weighted by Crippen LogP contribution is 2.18. The van der Waals surface area contributed by atoms with Crippen LogP contribution in [0.1, 0.15) is 12.8 Å². The first-order chi connectivity index (χ1) is 9.72. The van der Waals surface area contributed by atoms with Crippen molar-refractivity contribution < 1.29 is 9.53 Å². The first-order valence-corrected chi connectivity index (χ1v) is 6.94. The van der Waals surface area contributed by atoms with Gasteiger partial charge in [0.1, 0.15) is 6.54 Å². The molecule has 0 saturated carbocycles. The molecule has 1 amide bonds. The van der Waals surface area contributed by atoms with Crippen molar-refractivity contribution in [3.63, 3.8) is 0 Å². The summed E-state index contributed by atoms with van der Waals surface area (Å²) in [5.74, 6) is 0.0387. The van der Waals surface area contributed by atoms with E-state index in [1.807, 2.05) is 35.0 Å². The summed E-state index contributed by atoms with van der Waals surface area (Å²) in [4.78, 5) is 12.1. The SMILES string of the molecule is Nc1ccc2ccn(CC(=O)NC3CCOCC3)c2c1. The molecule has 0 atom stereocenters. The third kappa shape index (κ3) is 2.77. The number of hydrogen-bond acceptors (Lipinski definition) is 3. The second-order valence-electron chi connectivity index (χ2n) is 5.22. The Hall–Kier alpha value is -2.01. The number of ether oxygens (including phenoxy) is 1. The van der Waals surface area contributed by atoms with Crippen molar-refractivity contribution in [2.75, 3.05) is 18.9 Å². The maximum atomic E-state index is 12.1. The van der Waals surface area contributed by atoms with Gasteiger partial charge in [0.2, 0.25) is 5.91 Å². The maximum Gasteiger partial charge on any atom is 0.240 e. The van der Waals surface area contributed by atoms with Crippen LogP contribution in [0.4, 0.5) is 5.69 Å². The zero-order valence-electron chi connectivity index (χ0n) is 11.3. The quantitative estimate of drug-likeness (QED) is 0.833. The van der Waals surface area contributed by atoms with Crippen molar-refractivity contribution in [3.8, 4) is 0 Å². The predicted molar refractivity (Wildman–Crippen MR) is 78.3 cm³/mol. The van der Waals surface area contributed by atoms with Gasteiger partial charge in [-0.05, 0) is 36.4 Å². The molecule has 1 saturated heterocycles. The van der Waals surface area contributed by atoms with Crippen LogP contribution in [-0.4, -0.2) is 29.7 Å². The average Bonchev–Trinajstić information content (AvgIpc) is 2.82. The molecule has 1 aromatic heterocycles. The lowest BCUT2D eigenvalue weighted by Gasteiger charge is -2.23. The Bertz CT molecular complexity index is 615. The molecule has 5 heteroatoms. The van der Waals surface area contributed by atoms with E-state index in [9.17, 15) is 4.79 Å². The number of fused-ring (bicyclic) bond motifs is 1. The Kier molecular flexibility index (Phi) is 3.60. The maximum absolute atomic E-state index is 12.1. The van der Waals surface area contributed by atoms with Gasteiger partial charge in [-0.2, -0.15) is 0 Å². The van der Waals surface area contributed by atoms with Crippen molar-refractivity contribution in [1.82, 2.24) is 9.88 Å². The Balaban J connectivity index is 1.69. The van der Waals surface area contributed by atoms with E-state index in [2.05, 4.69) is 5.32 Å². The molecule has 1 aliphatic rings. The molecule has 1 fully saturated rings. The fourth-order valence-electron chi connectivity index (χ4n) is 2.61. The minimum absolute atomic E-state index is 0.0387. The Labute approximate surface area is 117 Å². The Morgan fingerprint density at radius 1 is 1.35 bits per heavy atom. The van der Waals surface area contributed by atoms with Crippen LogP contribution in [0.3, 0.4) is 0 Å². The highest BCUT2D eigenvalue weighted by Gasteiger charge is 2.16. The van der Waals surface area contributed by atoms with Crippen molar-refractivity contribution in [3.05, 3.63) is 30.5 Å². The Morgan fingerprint density at radius 2 is 2.15 bits per heavy atom. The van der Waals surface area contributed by atoms with Gasteiger partial charge in [-0.3, -0.25) is 4.79 Å². The van der Waals surface area contributed by atoms with E-state index in [0.717, 1.165) is 37.0 Å². The summed E-state index contributed by atoms with van der Waals surface area (Å²) in [6, 6.07) is 7.98. The molecule has 0 bridgehead atoms. The van der Waals surface area contributed by atoms with Crippen molar-refractivity contribution >= 4 is 22.5 Å². The fraction of sp³-hybridized carbons (Fsp3) is 0.400. The van der Waals surface area contributed by atoms with Gasteiger partial charge in [-0.15, -0.1) is 0 Å². The average molecular weight is 273 g/mol. The summed E-state index contributed by atoms with van der Waals surface area (Å²) in [7, 11) is 0. The lowest BCUT2D eigenvalue weighted by molar-refractivity contribution is -0.122. The summed E-state index contributed by atoms with van der Waals surface area (Å²) in [6.07, 6.45) is 3.71. The van der Waals surface area contributed by atoms with Gasteiger partial charge < -0.3 is 20.4 Å². The van der Waals surface area contributed by atoms with Crippen LogP contribution in [0.25, 0.3) is 10.9 Å². The van der Waals surface area contributed by atoms with Crippen LogP contribution >= 0.6 is 0 Å². The highest BCUT2D eigenvalue weighted by atomic mass is 16.5. The number of nitrogens with zero attached hydrogens (tertiary/aromatic N) is 1. The predicted octanol–water partition coefficient (Wildman–Crippen LogP) is 1.52. The van der Waals surface area contributed by atoms with E-state index in [4.69, 9.17) is 10.5 Å². The Morgan fingerprint density at radius 3 is 2.95 bits per heavy atom. The van der Waals surface area contributed by atoms with Gasteiger partial charge in [-0.1, -0.05) is 6.07 Å². The number of nitrogens with one attached hydrogen (secondary N) is 1. The number of hydrogen-bond donors (Lipinski definition) is 2. The molecule has 2 heterocycles. The van der Waals surface area contributed by atoms with Gasteiger partial charge >= 0.3 is 0 Å². The van der Waals surface area contributed by atoms with E-state index in [0.29, 0.717) is 12.2 Å². The molecule has 106 valence electrons. The largest absolute Gasteiger partial charge is 0.399 e. The van der Waals surface area contributed by atoms with Crippen LogP contribution in [-0.2, 0) is 16.1 Å². The third-order valence-electron chi connectivity index (χ3n) is 3.70. The fourth-order valence-corrected chi connectivity index (χ4v) is 2.61. The summed E-state index contributed by atoms with van der Waals surface area (Å²) < 4.78 is 7.22. The van der Waals surface area contributed by atoms with Crippen molar-refractivity contribution in [2.24, 2.45) is 0 Å². The number of nitrogen functional groups attached to an aromatic ring is 1. The molecule has 1 aliphatic heterocycles. The summed E-state index contributed by atoms with van der Waals surface area (Å²) in [6.45, 7) is 1.78. The molecule has 0 unspecified atom stereocenters. The van der Waals surface area contributed by atoms with Gasteiger partial charge in [0.15, 0.2) is 0 Å². The minimum Gasteiger partial charge on any atom is -0.399 e. The normalized spacial score (nSPS) is 16.4. The molecule has 0 aliphatic carbocycles. The monoisotopic (exact) mass is 273 g/mol. The van der Waals surface area contributed by atoms with E-state index >= 15 is 0 Å². The zero-order valence-corrected chi connectivity index (χ0v) is 11.3. The summed E-state index contributed by atoms with van der Waals surface area (Å²) in [5.41, 5.74) is 7.51. The van der Waals surface area contributed by atoms with Gasteiger partial charge in [-0.25, -0.2) is 0 Å². The molecule has 3 rings (SSSR count). The lowest BCUT2D eigenvalue weighted by atomic mass is 10.1. The number of nitrogens with two attached hydrogens (primary N) is 1. The molecule has 2 aromatic rings. The second-order valence-corrected chi connectivity index (χ2v) is 5.22. The highest BCUT2D eigenvalue weighted by molar-refractivity contribution is 5.85. The van der Waals surface area contributed by atoms with Crippen LogP contribution in [0.5, 0.6) is 0 Å². The number of rotatable bonds is 3. The van der Waals surface area contributed by atoms with Crippen molar-refractivity contribution in [2.45, 2.75) is 25.4 Å². The number of carbonyl (C=O) groups is 1.